The van der Waals surface area contributed by atoms with E-state index in [2.05, 4.69) is 42.6 Å². The van der Waals surface area contributed by atoms with Crippen LogP contribution in [0.1, 0.15) is 25.3 Å². The zero-order valence-electron chi connectivity index (χ0n) is 9.09. The van der Waals surface area contributed by atoms with Gasteiger partial charge in [0, 0.05) is 12.2 Å². The molecule has 1 N–H and O–H groups in total. The lowest BCUT2D eigenvalue weighted by Crippen LogP contribution is -2.13. The highest BCUT2D eigenvalue weighted by Crippen LogP contribution is 2.44. The highest BCUT2D eigenvalue weighted by atomic mass is 14.9. The van der Waals surface area contributed by atoms with Crippen molar-refractivity contribution in [2.45, 2.75) is 26.2 Å². The Balaban J connectivity index is 1.91. The number of hydrogen-bond acceptors (Lipinski definition) is 2. The normalized spacial score (nSPS) is 16.8. The van der Waals surface area contributed by atoms with Crippen molar-refractivity contribution in [3.63, 3.8) is 0 Å². The number of benzene rings is 1. The van der Waals surface area contributed by atoms with Crippen molar-refractivity contribution in [3.8, 4) is 6.07 Å². The second kappa shape index (κ2) is 3.94. The molecule has 1 aromatic rings. The number of nitrogens with one attached hydrogen (secondary N) is 1. The van der Waals surface area contributed by atoms with Gasteiger partial charge in [-0.1, -0.05) is 19.1 Å². The molecule has 1 saturated carbocycles. The van der Waals surface area contributed by atoms with E-state index >= 15 is 0 Å². The van der Waals surface area contributed by atoms with Crippen LogP contribution in [0.25, 0.3) is 0 Å². The maximum atomic E-state index is 8.93. The van der Waals surface area contributed by atoms with E-state index in [0.29, 0.717) is 0 Å². The van der Waals surface area contributed by atoms with Crippen molar-refractivity contribution in [2.75, 3.05) is 11.9 Å². The number of nitriles is 1. The molecule has 0 unspecified atom stereocenters. The molecular formula is C13H16N2. The van der Waals surface area contributed by atoms with Crippen molar-refractivity contribution < 1.29 is 0 Å². The lowest BCUT2D eigenvalue weighted by molar-refractivity contribution is 0.711. The minimum Gasteiger partial charge on any atom is -0.383 e. The zero-order chi connectivity index (χ0) is 10.7. The summed E-state index contributed by atoms with van der Waals surface area (Å²) in [4.78, 5) is 0. The van der Waals surface area contributed by atoms with E-state index in [9.17, 15) is 0 Å². The first kappa shape index (κ1) is 10.0. The molecule has 0 aliphatic heterocycles. The van der Waals surface area contributed by atoms with Gasteiger partial charge in [-0.25, -0.2) is 0 Å². The highest BCUT2D eigenvalue weighted by Gasteiger charge is 2.42. The average Bonchev–Trinajstić information content (AvgIpc) is 3.08. The first-order valence-corrected chi connectivity index (χ1v) is 5.52. The van der Waals surface area contributed by atoms with Gasteiger partial charge in [0.25, 0.3) is 0 Å². The molecule has 1 aliphatic carbocycles. The maximum Gasteiger partial charge on any atom is 0.0747 e. The lowest BCUT2D eigenvalue weighted by atomic mass is 10.1. The van der Waals surface area contributed by atoms with Crippen molar-refractivity contribution in [3.05, 3.63) is 29.8 Å². The topological polar surface area (TPSA) is 35.8 Å². The Morgan fingerprint density at radius 3 is 2.47 bits per heavy atom. The summed E-state index contributed by atoms with van der Waals surface area (Å²) in [7, 11) is 0. The summed E-state index contributed by atoms with van der Waals surface area (Å²) in [5.41, 5.74) is 2.40. The second-order valence-electron chi connectivity index (χ2n) is 4.30. The Hall–Kier alpha value is -1.49. The molecule has 78 valence electrons. The van der Waals surface area contributed by atoms with Gasteiger partial charge >= 0.3 is 0 Å². The highest BCUT2D eigenvalue weighted by molar-refractivity contribution is 5.45. The van der Waals surface area contributed by atoms with Crippen LogP contribution in [0.4, 0.5) is 5.69 Å². The van der Waals surface area contributed by atoms with Crippen LogP contribution in [-0.2, 0) is 6.42 Å². The van der Waals surface area contributed by atoms with Gasteiger partial charge in [0.2, 0.25) is 0 Å². The fourth-order valence-electron chi connectivity index (χ4n) is 1.61. The number of anilines is 1. The van der Waals surface area contributed by atoms with Gasteiger partial charge < -0.3 is 5.32 Å². The van der Waals surface area contributed by atoms with Crippen molar-refractivity contribution in [2.24, 2.45) is 5.41 Å². The molecule has 0 spiro atoms. The first-order valence-electron chi connectivity index (χ1n) is 5.52. The van der Waals surface area contributed by atoms with Crippen LogP contribution in [0, 0.1) is 16.7 Å². The fraction of sp³-hybridized carbons (Fsp3) is 0.462. The predicted molar refractivity (Wildman–Crippen MR) is 61.6 cm³/mol. The Morgan fingerprint density at radius 1 is 1.33 bits per heavy atom. The van der Waals surface area contributed by atoms with Crippen LogP contribution < -0.4 is 5.32 Å². The summed E-state index contributed by atoms with van der Waals surface area (Å²) >= 11 is 0. The Morgan fingerprint density at radius 2 is 2.00 bits per heavy atom. The van der Waals surface area contributed by atoms with Crippen LogP contribution in [0.3, 0.4) is 0 Å². The van der Waals surface area contributed by atoms with E-state index in [-0.39, 0.29) is 5.41 Å². The molecule has 0 bridgehead atoms. The van der Waals surface area contributed by atoms with Crippen LogP contribution in [-0.4, -0.2) is 6.54 Å². The molecule has 0 radical (unpaired) electrons. The molecule has 0 heterocycles. The minimum absolute atomic E-state index is 0.0660. The van der Waals surface area contributed by atoms with Gasteiger partial charge in [-0.2, -0.15) is 5.26 Å². The lowest BCUT2D eigenvalue weighted by Gasteiger charge is -2.09. The van der Waals surface area contributed by atoms with Crippen molar-refractivity contribution in [1.29, 1.82) is 5.26 Å². The van der Waals surface area contributed by atoms with Crippen molar-refractivity contribution >= 4 is 5.69 Å². The van der Waals surface area contributed by atoms with Gasteiger partial charge in [0.1, 0.15) is 0 Å². The molecule has 2 rings (SSSR count). The molecule has 1 fully saturated rings. The third-order valence-electron chi connectivity index (χ3n) is 3.08. The Bertz CT molecular complexity index is 369. The zero-order valence-corrected chi connectivity index (χ0v) is 9.09. The summed E-state index contributed by atoms with van der Waals surface area (Å²) in [6, 6.07) is 10.8. The molecule has 1 aromatic carbocycles. The minimum atomic E-state index is -0.0660. The Labute approximate surface area is 90.9 Å². The molecule has 0 amide bonds. The maximum absolute atomic E-state index is 8.93. The summed E-state index contributed by atoms with van der Waals surface area (Å²) in [5, 5.41) is 12.3. The smallest absolute Gasteiger partial charge is 0.0747 e. The third kappa shape index (κ3) is 2.30. The van der Waals surface area contributed by atoms with Gasteiger partial charge in [-0.3, -0.25) is 0 Å². The van der Waals surface area contributed by atoms with E-state index in [1.54, 1.807) is 0 Å². The molecule has 0 atom stereocenters. The van der Waals surface area contributed by atoms with Crippen LogP contribution in [0.2, 0.25) is 0 Å². The molecule has 0 aromatic heterocycles. The molecule has 15 heavy (non-hydrogen) atoms. The van der Waals surface area contributed by atoms with E-state index < -0.39 is 0 Å². The van der Waals surface area contributed by atoms with E-state index in [1.165, 1.54) is 5.56 Å². The molecule has 1 aliphatic rings. The van der Waals surface area contributed by atoms with Gasteiger partial charge in [-0.15, -0.1) is 0 Å². The monoisotopic (exact) mass is 200 g/mol. The van der Waals surface area contributed by atoms with Crippen LogP contribution >= 0.6 is 0 Å². The van der Waals surface area contributed by atoms with E-state index in [4.69, 9.17) is 5.26 Å². The standard InChI is InChI=1S/C13H16N2/c1-2-11-3-5-12(6-4-11)15-10-13(9-14)7-8-13/h3-6,15H,2,7-8,10H2,1H3. The van der Waals surface area contributed by atoms with E-state index in [1.807, 2.05) is 0 Å². The van der Waals surface area contributed by atoms with Crippen LogP contribution in [0.5, 0.6) is 0 Å². The third-order valence-corrected chi connectivity index (χ3v) is 3.08. The Kier molecular flexibility index (Phi) is 2.64. The number of rotatable bonds is 4. The largest absolute Gasteiger partial charge is 0.383 e. The summed E-state index contributed by atoms with van der Waals surface area (Å²) < 4.78 is 0. The van der Waals surface area contributed by atoms with Gasteiger partial charge in [0.05, 0.1) is 11.5 Å². The summed E-state index contributed by atoms with van der Waals surface area (Å²) in [5.74, 6) is 0. The predicted octanol–water partition coefficient (Wildman–Crippen LogP) is 2.96. The van der Waals surface area contributed by atoms with Crippen molar-refractivity contribution in [1.82, 2.24) is 0 Å². The average molecular weight is 200 g/mol. The molecule has 2 heteroatoms. The SMILES string of the molecule is CCc1ccc(NCC2(C#N)CC2)cc1. The molecular weight excluding hydrogens is 184 g/mol. The number of hydrogen-bond donors (Lipinski definition) is 1. The second-order valence-corrected chi connectivity index (χ2v) is 4.30. The quantitative estimate of drug-likeness (QED) is 0.811. The first-order chi connectivity index (χ1) is 7.28. The number of nitrogens with zero attached hydrogens (tertiary/aromatic N) is 1. The van der Waals surface area contributed by atoms with Gasteiger partial charge in [0.15, 0.2) is 0 Å². The van der Waals surface area contributed by atoms with Gasteiger partial charge in [-0.05, 0) is 37.0 Å². The molecule has 2 nitrogen and oxygen atoms in total. The molecule has 0 saturated heterocycles. The number of aryl methyl sites for hydroxylation is 1. The summed E-state index contributed by atoms with van der Waals surface area (Å²) in [6.45, 7) is 2.94. The van der Waals surface area contributed by atoms with E-state index in [0.717, 1.165) is 31.5 Å². The fourth-order valence-corrected chi connectivity index (χ4v) is 1.61. The summed E-state index contributed by atoms with van der Waals surface area (Å²) in [6.07, 6.45) is 3.16. The van der Waals surface area contributed by atoms with Crippen LogP contribution in [0.15, 0.2) is 24.3 Å².